The number of nitriles is 1. The second kappa shape index (κ2) is 5.66. The molecule has 3 nitrogen and oxygen atoms in total. The monoisotopic (exact) mass is 224 g/mol. The predicted octanol–water partition coefficient (Wildman–Crippen LogP) is 2.73. The highest BCUT2D eigenvalue weighted by atomic mass is 16.5. The number of nitrogens with zero attached hydrogens (tertiary/aromatic N) is 2. The highest BCUT2D eigenvalue weighted by molar-refractivity contribution is 5.28. The van der Waals surface area contributed by atoms with Crippen molar-refractivity contribution >= 4 is 0 Å². The van der Waals surface area contributed by atoms with Gasteiger partial charge in [0.1, 0.15) is 12.4 Å². The molecule has 2 aromatic rings. The first-order chi connectivity index (χ1) is 8.38. The minimum absolute atomic E-state index is 0.431. The summed E-state index contributed by atoms with van der Waals surface area (Å²) in [5, 5.41) is 8.55. The van der Waals surface area contributed by atoms with Crippen LogP contribution in [-0.2, 0) is 13.0 Å². The van der Waals surface area contributed by atoms with Crippen LogP contribution in [0.4, 0.5) is 0 Å². The molecular formula is C14H12N2O. The van der Waals surface area contributed by atoms with Crippen LogP contribution < -0.4 is 4.74 Å². The molecule has 0 spiro atoms. The molecule has 0 saturated heterocycles. The van der Waals surface area contributed by atoms with Crippen LogP contribution >= 0.6 is 0 Å². The fourth-order valence-corrected chi connectivity index (χ4v) is 1.44. The molecule has 17 heavy (non-hydrogen) atoms. The van der Waals surface area contributed by atoms with E-state index in [-0.39, 0.29) is 0 Å². The van der Waals surface area contributed by atoms with Crippen LogP contribution in [0.2, 0.25) is 0 Å². The fraction of sp³-hybridized carbons (Fsp3) is 0.143. The number of hydrogen-bond donors (Lipinski definition) is 0. The Kier molecular flexibility index (Phi) is 3.72. The highest BCUT2D eigenvalue weighted by Gasteiger charge is 1.97. The number of ether oxygens (including phenoxy) is 1. The summed E-state index contributed by atoms with van der Waals surface area (Å²) in [7, 11) is 0. The zero-order valence-electron chi connectivity index (χ0n) is 9.34. The average Bonchev–Trinajstić information content (AvgIpc) is 2.40. The Morgan fingerprint density at radius 1 is 1.12 bits per heavy atom. The average molecular weight is 224 g/mol. The van der Waals surface area contributed by atoms with Crippen LogP contribution in [0.25, 0.3) is 0 Å². The Morgan fingerprint density at radius 2 is 1.94 bits per heavy atom. The first kappa shape index (κ1) is 11.2. The van der Waals surface area contributed by atoms with Crippen LogP contribution in [0.1, 0.15) is 11.3 Å². The van der Waals surface area contributed by atoms with Crippen molar-refractivity contribution < 1.29 is 4.74 Å². The van der Waals surface area contributed by atoms with E-state index < -0.39 is 0 Å². The van der Waals surface area contributed by atoms with Gasteiger partial charge in [-0.25, -0.2) is 0 Å². The van der Waals surface area contributed by atoms with Crippen LogP contribution in [0.15, 0.2) is 48.7 Å². The van der Waals surface area contributed by atoms with Gasteiger partial charge in [-0.1, -0.05) is 18.2 Å². The van der Waals surface area contributed by atoms with Gasteiger partial charge in [0.05, 0.1) is 18.2 Å². The first-order valence-electron chi connectivity index (χ1n) is 5.37. The van der Waals surface area contributed by atoms with Gasteiger partial charge in [0.25, 0.3) is 0 Å². The van der Waals surface area contributed by atoms with Crippen LogP contribution in [0.5, 0.6) is 5.75 Å². The summed E-state index contributed by atoms with van der Waals surface area (Å²) in [5.41, 5.74) is 1.89. The minimum atomic E-state index is 0.431. The largest absolute Gasteiger partial charge is 0.487 e. The van der Waals surface area contributed by atoms with Crippen LogP contribution in [0, 0.1) is 11.3 Å². The predicted molar refractivity (Wildman–Crippen MR) is 64.3 cm³/mol. The molecule has 3 heteroatoms. The number of rotatable bonds is 4. The third-order valence-electron chi connectivity index (χ3n) is 2.32. The molecule has 0 aliphatic carbocycles. The maximum atomic E-state index is 8.55. The summed E-state index contributed by atoms with van der Waals surface area (Å²) >= 11 is 0. The smallest absolute Gasteiger partial charge is 0.130 e. The Labute approximate surface area is 100 Å². The van der Waals surface area contributed by atoms with Crippen molar-refractivity contribution in [1.29, 1.82) is 5.26 Å². The van der Waals surface area contributed by atoms with Crippen molar-refractivity contribution in [3.63, 3.8) is 0 Å². The lowest BCUT2D eigenvalue weighted by Crippen LogP contribution is -1.97. The number of aromatic nitrogens is 1. The van der Waals surface area contributed by atoms with Gasteiger partial charge in [-0.2, -0.15) is 5.26 Å². The Bertz CT molecular complexity index is 500. The van der Waals surface area contributed by atoms with Gasteiger partial charge in [0, 0.05) is 6.20 Å². The SMILES string of the molecule is N#CCc1ccc(OCc2ccccn2)cc1. The van der Waals surface area contributed by atoms with Gasteiger partial charge in [-0.3, -0.25) is 4.98 Å². The van der Waals surface area contributed by atoms with E-state index in [4.69, 9.17) is 10.00 Å². The maximum absolute atomic E-state index is 8.55. The lowest BCUT2D eigenvalue weighted by atomic mass is 10.2. The van der Waals surface area contributed by atoms with Crippen molar-refractivity contribution in [1.82, 2.24) is 4.98 Å². The summed E-state index contributed by atoms with van der Waals surface area (Å²) in [5.74, 6) is 0.789. The summed E-state index contributed by atoms with van der Waals surface area (Å²) in [6.07, 6.45) is 2.18. The van der Waals surface area contributed by atoms with Gasteiger partial charge < -0.3 is 4.74 Å². The Hall–Kier alpha value is -2.34. The molecule has 1 aromatic heterocycles. The maximum Gasteiger partial charge on any atom is 0.130 e. The molecule has 0 unspecified atom stereocenters. The molecule has 0 aliphatic heterocycles. The molecular weight excluding hydrogens is 212 g/mol. The lowest BCUT2D eigenvalue weighted by molar-refractivity contribution is 0.301. The van der Waals surface area contributed by atoms with Crippen LogP contribution in [-0.4, -0.2) is 4.98 Å². The van der Waals surface area contributed by atoms with Gasteiger partial charge in [-0.05, 0) is 29.8 Å². The zero-order chi connectivity index (χ0) is 11.9. The Morgan fingerprint density at radius 3 is 2.59 bits per heavy atom. The minimum Gasteiger partial charge on any atom is -0.487 e. The van der Waals surface area contributed by atoms with Crippen molar-refractivity contribution in [3.05, 3.63) is 59.9 Å². The number of pyridine rings is 1. The molecule has 0 saturated carbocycles. The molecule has 0 aliphatic rings. The molecule has 2 rings (SSSR count). The summed E-state index contributed by atoms with van der Waals surface area (Å²) in [6, 6.07) is 15.4. The third kappa shape index (κ3) is 3.32. The van der Waals surface area contributed by atoms with Gasteiger partial charge >= 0.3 is 0 Å². The molecule has 0 N–H and O–H groups in total. The molecule has 0 fully saturated rings. The molecule has 0 atom stereocenters. The fourth-order valence-electron chi connectivity index (χ4n) is 1.44. The Balaban J connectivity index is 1.94. The van der Waals surface area contributed by atoms with Crippen molar-refractivity contribution in [2.24, 2.45) is 0 Å². The first-order valence-corrected chi connectivity index (χ1v) is 5.37. The van der Waals surface area contributed by atoms with Crippen molar-refractivity contribution in [3.8, 4) is 11.8 Å². The number of benzene rings is 1. The lowest BCUT2D eigenvalue weighted by Gasteiger charge is -2.05. The van der Waals surface area contributed by atoms with E-state index >= 15 is 0 Å². The molecule has 84 valence electrons. The quantitative estimate of drug-likeness (QED) is 0.802. The van der Waals surface area contributed by atoms with E-state index in [0.29, 0.717) is 13.0 Å². The third-order valence-corrected chi connectivity index (χ3v) is 2.32. The second-order valence-corrected chi connectivity index (χ2v) is 3.59. The topological polar surface area (TPSA) is 45.9 Å². The normalized spacial score (nSPS) is 9.59. The van der Waals surface area contributed by atoms with E-state index in [0.717, 1.165) is 17.0 Å². The van der Waals surface area contributed by atoms with Gasteiger partial charge in [-0.15, -0.1) is 0 Å². The van der Waals surface area contributed by atoms with E-state index in [1.807, 2.05) is 42.5 Å². The van der Waals surface area contributed by atoms with E-state index in [1.165, 1.54) is 0 Å². The summed E-state index contributed by atoms with van der Waals surface area (Å²) in [6.45, 7) is 0.457. The summed E-state index contributed by atoms with van der Waals surface area (Å²) in [4.78, 5) is 4.17. The standard InChI is InChI=1S/C14H12N2O/c15-9-8-12-4-6-14(7-5-12)17-11-13-3-1-2-10-16-13/h1-7,10H,8,11H2. The van der Waals surface area contributed by atoms with E-state index in [1.54, 1.807) is 6.20 Å². The van der Waals surface area contributed by atoms with Crippen LogP contribution in [0.3, 0.4) is 0 Å². The molecule has 1 aromatic carbocycles. The molecule has 0 amide bonds. The summed E-state index contributed by atoms with van der Waals surface area (Å²) < 4.78 is 5.58. The van der Waals surface area contributed by atoms with Gasteiger partial charge in [0.15, 0.2) is 0 Å². The molecule has 1 heterocycles. The molecule has 0 bridgehead atoms. The van der Waals surface area contributed by atoms with Crippen molar-refractivity contribution in [2.45, 2.75) is 13.0 Å². The van der Waals surface area contributed by atoms with Gasteiger partial charge in [0.2, 0.25) is 0 Å². The number of hydrogen-bond acceptors (Lipinski definition) is 3. The second-order valence-electron chi connectivity index (χ2n) is 3.59. The molecule has 0 radical (unpaired) electrons. The van der Waals surface area contributed by atoms with E-state index in [9.17, 15) is 0 Å². The van der Waals surface area contributed by atoms with Crippen molar-refractivity contribution in [2.75, 3.05) is 0 Å². The zero-order valence-corrected chi connectivity index (χ0v) is 9.34. The van der Waals surface area contributed by atoms with E-state index in [2.05, 4.69) is 11.1 Å². The highest BCUT2D eigenvalue weighted by Crippen LogP contribution is 2.13.